The summed E-state index contributed by atoms with van der Waals surface area (Å²) in [6.07, 6.45) is 3.22. The van der Waals surface area contributed by atoms with E-state index in [1.165, 1.54) is 4.90 Å². The molecule has 0 saturated carbocycles. The van der Waals surface area contributed by atoms with E-state index < -0.39 is 11.7 Å². The first-order valence-electron chi connectivity index (χ1n) is 7.94. The third-order valence-corrected chi connectivity index (χ3v) is 4.23. The molecule has 3 amide bonds. The van der Waals surface area contributed by atoms with Crippen molar-refractivity contribution in [3.63, 3.8) is 0 Å². The van der Waals surface area contributed by atoms with Crippen molar-refractivity contribution >= 4 is 17.9 Å². The lowest BCUT2D eigenvalue weighted by atomic mass is 9.85. The van der Waals surface area contributed by atoms with Gasteiger partial charge in [0, 0.05) is 13.1 Å². The minimum atomic E-state index is -0.547. The molecular weight excluding hydrogens is 300 g/mol. The topological polar surface area (TPSA) is 84.9 Å². The molecule has 0 aliphatic carbocycles. The van der Waals surface area contributed by atoms with Crippen LogP contribution in [0.4, 0.5) is 4.79 Å². The molecule has 0 radical (unpaired) electrons. The number of carbonyl (C=O) groups is 3. The van der Waals surface area contributed by atoms with Crippen LogP contribution in [0.2, 0.25) is 0 Å². The normalized spacial score (nSPS) is 31.7. The first-order chi connectivity index (χ1) is 10.8. The maximum atomic E-state index is 12.4. The van der Waals surface area contributed by atoms with E-state index in [0.29, 0.717) is 19.5 Å². The van der Waals surface area contributed by atoms with Gasteiger partial charge in [-0.15, -0.1) is 0 Å². The molecule has 4 atom stereocenters. The second-order valence-corrected chi connectivity index (χ2v) is 7.11. The molecule has 7 nitrogen and oxygen atoms in total. The average Bonchev–Trinajstić information content (AvgIpc) is 3.09. The Hall–Kier alpha value is -1.89. The molecule has 2 saturated heterocycles. The zero-order valence-electron chi connectivity index (χ0n) is 13.6. The number of hydrogen-bond donors (Lipinski definition) is 1. The zero-order chi connectivity index (χ0) is 16.8. The molecule has 3 heterocycles. The highest BCUT2D eigenvalue weighted by Gasteiger charge is 2.60. The summed E-state index contributed by atoms with van der Waals surface area (Å²) in [7, 11) is 0. The number of nitrogens with one attached hydrogen (secondary N) is 1. The van der Waals surface area contributed by atoms with Crippen LogP contribution in [0.1, 0.15) is 27.2 Å². The fourth-order valence-electron chi connectivity index (χ4n) is 3.33. The molecule has 2 bridgehead atoms. The third kappa shape index (κ3) is 2.97. The van der Waals surface area contributed by atoms with E-state index in [2.05, 4.69) is 5.32 Å². The Morgan fingerprint density at radius 3 is 2.30 bits per heavy atom. The van der Waals surface area contributed by atoms with Crippen molar-refractivity contribution < 1.29 is 23.9 Å². The fraction of sp³-hybridized carbons (Fsp3) is 0.688. The van der Waals surface area contributed by atoms with Crippen LogP contribution in [0.5, 0.6) is 0 Å². The smallest absolute Gasteiger partial charge is 0.407 e. The number of carbonyl (C=O) groups excluding carboxylic acids is 3. The van der Waals surface area contributed by atoms with Crippen LogP contribution in [-0.2, 0) is 19.1 Å². The second-order valence-electron chi connectivity index (χ2n) is 7.11. The summed E-state index contributed by atoms with van der Waals surface area (Å²) in [5.41, 5.74) is -0.547. The SMILES string of the molecule is CC(C)(C)OC(=O)NCCCN1C(=O)[C@@H]2C3C=CC(O3)[C@@H]2C1=O. The van der Waals surface area contributed by atoms with Crippen LogP contribution in [0.25, 0.3) is 0 Å². The van der Waals surface area contributed by atoms with Crippen LogP contribution < -0.4 is 5.32 Å². The van der Waals surface area contributed by atoms with Gasteiger partial charge in [0.25, 0.3) is 0 Å². The van der Waals surface area contributed by atoms with Crippen molar-refractivity contribution in [2.45, 2.75) is 45.0 Å². The Labute approximate surface area is 135 Å². The third-order valence-electron chi connectivity index (χ3n) is 4.23. The lowest BCUT2D eigenvalue weighted by molar-refractivity contribution is -0.142. The molecule has 1 N–H and O–H groups in total. The molecule has 2 fully saturated rings. The Bertz CT molecular complexity index is 535. The maximum absolute atomic E-state index is 12.4. The number of ether oxygens (including phenoxy) is 2. The first kappa shape index (κ1) is 16.0. The number of likely N-dealkylation sites (tertiary alicyclic amines) is 1. The van der Waals surface area contributed by atoms with E-state index in [-0.39, 0.29) is 35.9 Å². The van der Waals surface area contributed by atoms with Gasteiger partial charge in [-0.3, -0.25) is 14.5 Å². The van der Waals surface area contributed by atoms with Crippen LogP contribution >= 0.6 is 0 Å². The Kier molecular flexibility index (Phi) is 3.91. The van der Waals surface area contributed by atoms with E-state index in [1.807, 2.05) is 12.2 Å². The second kappa shape index (κ2) is 5.63. The van der Waals surface area contributed by atoms with Gasteiger partial charge < -0.3 is 14.8 Å². The summed E-state index contributed by atoms with van der Waals surface area (Å²) < 4.78 is 10.7. The number of nitrogens with zero attached hydrogens (tertiary/aromatic N) is 1. The van der Waals surface area contributed by atoms with Crippen molar-refractivity contribution in [2.75, 3.05) is 13.1 Å². The standard InChI is InChI=1S/C16H22N2O5/c1-16(2,3)23-15(21)17-7-4-8-18-13(19)11-9-5-6-10(22-9)12(11)14(18)20/h5-6,9-12H,4,7-8H2,1-3H3,(H,17,21)/t9?,10?,11-,12+. The first-order valence-corrected chi connectivity index (χ1v) is 7.94. The van der Waals surface area contributed by atoms with Crippen molar-refractivity contribution in [2.24, 2.45) is 11.8 Å². The van der Waals surface area contributed by atoms with Crippen LogP contribution in [0, 0.1) is 11.8 Å². The number of rotatable bonds is 4. The molecule has 23 heavy (non-hydrogen) atoms. The number of alkyl carbamates (subject to hydrolysis) is 1. The van der Waals surface area contributed by atoms with E-state index in [4.69, 9.17) is 9.47 Å². The van der Waals surface area contributed by atoms with Gasteiger partial charge >= 0.3 is 6.09 Å². The maximum Gasteiger partial charge on any atom is 0.407 e. The highest BCUT2D eigenvalue weighted by molar-refractivity contribution is 6.06. The van der Waals surface area contributed by atoms with Crippen molar-refractivity contribution in [3.05, 3.63) is 12.2 Å². The number of amides is 3. The summed E-state index contributed by atoms with van der Waals surface area (Å²) in [6, 6.07) is 0. The molecule has 2 unspecified atom stereocenters. The van der Waals surface area contributed by atoms with Crippen LogP contribution in [0.15, 0.2) is 12.2 Å². The predicted octanol–water partition coefficient (Wildman–Crippen LogP) is 0.840. The molecule has 0 aromatic rings. The molecule has 126 valence electrons. The monoisotopic (exact) mass is 322 g/mol. The summed E-state index contributed by atoms with van der Waals surface area (Å²) in [4.78, 5) is 37.6. The quantitative estimate of drug-likeness (QED) is 0.471. The zero-order valence-corrected chi connectivity index (χ0v) is 13.6. The summed E-state index contributed by atoms with van der Waals surface area (Å²) in [6.45, 7) is 6.02. The van der Waals surface area contributed by atoms with Crippen LogP contribution in [0.3, 0.4) is 0 Å². The van der Waals surface area contributed by atoms with Crippen molar-refractivity contribution in [3.8, 4) is 0 Å². The van der Waals surface area contributed by atoms with Gasteiger partial charge in [0.15, 0.2) is 0 Å². The average molecular weight is 322 g/mol. The molecule has 0 aromatic carbocycles. The Morgan fingerprint density at radius 1 is 1.22 bits per heavy atom. The van der Waals surface area contributed by atoms with Crippen molar-refractivity contribution in [1.82, 2.24) is 10.2 Å². The van der Waals surface area contributed by atoms with Gasteiger partial charge in [-0.05, 0) is 27.2 Å². The molecule has 7 heteroatoms. The molecule has 0 aromatic heterocycles. The Balaban J connectivity index is 1.46. The van der Waals surface area contributed by atoms with Gasteiger partial charge in [0.05, 0.1) is 24.0 Å². The van der Waals surface area contributed by atoms with Gasteiger partial charge in [0.1, 0.15) is 5.60 Å². The van der Waals surface area contributed by atoms with E-state index >= 15 is 0 Å². The predicted molar refractivity (Wildman–Crippen MR) is 80.4 cm³/mol. The van der Waals surface area contributed by atoms with E-state index in [1.54, 1.807) is 20.8 Å². The van der Waals surface area contributed by atoms with Gasteiger partial charge in [-0.2, -0.15) is 0 Å². The fourth-order valence-corrected chi connectivity index (χ4v) is 3.33. The minimum absolute atomic E-state index is 0.158. The lowest BCUT2D eigenvalue weighted by Crippen LogP contribution is -2.37. The van der Waals surface area contributed by atoms with E-state index in [0.717, 1.165) is 0 Å². The largest absolute Gasteiger partial charge is 0.444 e. The van der Waals surface area contributed by atoms with Gasteiger partial charge in [-0.25, -0.2) is 4.79 Å². The number of imide groups is 1. The molecule has 0 spiro atoms. The summed E-state index contributed by atoms with van der Waals surface area (Å²) in [5, 5.41) is 2.63. The molecule has 3 aliphatic heterocycles. The highest BCUT2D eigenvalue weighted by Crippen LogP contribution is 2.44. The van der Waals surface area contributed by atoms with Gasteiger partial charge in [0.2, 0.25) is 11.8 Å². The van der Waals surface area contributed by atoms with Gasteiger partial charge in [-0.1, -0.05) is 12.2 Å². The molecule has 3 aliphatic rings. The van der Waals surface area contributed by atoms with Crippen LogP contribution in [-0.4, -0.2) is 53.7 Å². The minimum Gasteiger partial charge on any atom is -0.444 e. The number of hydrogen-bond acceptors (Lipinski definition) is 5. The van der Waals surface area contributed by atoms with E-state index in [9.17, 15) is 14.4 Å². The highest BCUT2D eigenvalue weighted by atomic mass is 16.6. The Morgan fingerprint density at radius 2 is 1.78 bits per heavy atom. The van der Waals surface area contributed by atoms with Crippen molar-refractivity contribution in [1.29, 1.82) is 0 Å². The lowest BCUT2D eigenvalue weighted by Gasteiger charge is -2.20. The molecule has 3 rings (SSSR count). The summed E-state index contributed by atoms with van der Waals surface area (Å²) >= 11 is 0. The molecular formula is C16H22N2O5. The summed E-state index contributed by atoms with van der Waals surface area (Å²) in [5.74, 6) is -1.05. The number of fused-ring (bicyclic) bond motifs is 5.